The molecule has 0 rings (SSSR count). The number of ether oxygens (including phenoxy) is 1. The maximum Gasteiger partial charge on any atom is 0.225 e. The van der Waals surface area contributed by atoms with Gasteiger partial charge in [-0.2, -0.15) is 0 Å². The van der Waals surface area contributed by atoms with Crippen LogP contribution in [0.2, 0.25) is 0 Å². The molecule has 1 atom stereocenters. The van der Waals surface area contributed by atoms with Crippen molar-refractivity contribution in [1.29, 1.82) is 0 Å². The molecule has 0 aromatic rings. The van der Waals surface area contributed by atoms with Crippen LogP contribution >= 0.6 is 0 Å². The summed E-state index contributed by atoms with van der Waals surface area (Å²) in [7, 11) is 1.67. The lowest BCUT2D eigenvalue weighted by Crippen LogP contribution is -2.44. The first-order valence-electron chi connectivity index (χ1n) is 6.61. The molecule has 102 valence electrons. The van der Waals surface area contributed by atoms with E-state index in [0.717, 1.165) is 19.3 Å². The fourth-order valence-corrected chi connectivity index (χ4v) is 2.05. The third-order valence-corrected chi connectivity index (χ3v) is 3.22. The summed E-state index contributed by atoms with van der Waals surface area (Å²) >= 11 is 0. The van der Waals surface area contributed by atoms with Crippen molar-refractivity contribution in [2.75, 3.05) is 26.8 Å². The third kappa shape index (κ3) is 5.50. The Morgan fingerprint density at radius 2 is 1.94 bits per heavy atom. The van der Waals surface area contributed by atoms with Gasteiger partial charge in [-0.25, -0.2) is 0 Å². The summed E-state index contributed by atoms with van der Waals surface area (Å²) in [6.45, 7) is 8.03. The Bertz CT molecular complexity index is 206. The quantitative estimate of drug-likeness (QED) is 0.671. The van der Waals surface area contributed by atoms with Gasteiger partial charge in [0, 0.05) is 25.6 Å². The molecule has 0 radical (unpaired) electrons. The number of hydrogen-bond donors (Lipinski definition) is 1. The van der Waals surface area contributed by atoms with Crippen LogP contribution in [0, 0.1) is 5.92 Å². The molecule has 0 aromatic carbocycles. The first-order chi connectivity index (χ1) is 8.12. The molecule has 0 spiro atoms. The number of carbonyl (C=O) groups is 1. The van der Waals surface area contributed by atoms with Crippen molar-refractivity contribution < 1.29 is 9.53 Å². The fraction of sp³-hybridized carbons (Fsp3) is 0.923. The monoisotopic (exact) mass is 244 g/mol. The summed E-state index contributed by atoms with van der Waals surface area (Å²) < 4.78 is 5.08. The second kappa shape index (κ2) is 9.42. The van der Waals surface area contributed by atoms with E-state index in [9.17, 15) is 4.79 Å². The van der Waals surface area contributed by atoms with E-state index in [0.29, 0.717) is 25.7 Å². The predicted molar refractivity (Wildman–Crippen MR) is 70.8 cm³/mol. The van der Waals surface area contributed by atoms with Gasteiger partial charge < -0.3 is 15.4 Å². The second-order valence-corrected chi connectivity index (χ2v) is 4.47. The molecule has 4 nitrogen and oxygen atoms in total. The van der Waals surface area contributed by atoms with E-state index in [1.165, 1.54) is 0 Å². The number of nitrogens with two attached hydrogens (primary N) is 1. The first kappa shape index (κ1) is 16.4. The van der Waals surface area contributed by atoms with E-state index >= 15 is 0 Å². The Morgan fingerprint density at radius 3 is 2.35 bits per heavy atom. The Morgan fingerprint density at radius 1 is 1.35 bits per heavy atom. The molecule has 0 bridgehead atoms. The smallest absolute Gasteiger partial charge is 0.225 e. The fourth-order valence-electron chi connectivity index (χ4n) is 2.05. The number of nitrogens with zero attached hydrogens (tertiary/aromatic N) is 1. The number of rotatable bonds is 9. The Balaban J connectivity index is 4.58. The van der Waals surface area contributed by atoms with Crippen LogP contribution in [0.1, 0.15) is 40.0 Å². The van der Waals surface area contributed by atoms with Crippen LogP contribution in [0.3, 0.4) is 0 Å². The van der Waals surface area contributed by atoms with Crippen molar-refractivity contribution >= 4 is 5.91 Å². The molecule has 0 saturated heterocycles. The van der Waals surface area contributed by atoms with Gasteiger partial charge in [-0.1, -0.05) is 20.8 Å². The normalized spacial score (nSPS) is 12.8. The summed E-state index contributed by atoms with van der Waals surface area (Å²) in [6.07, 6.45) is 2.73. The lowest BCUT2D eigenvalue weighted by atomic mass is 10.0. The minimum Gasteiger partial charge on any atom is -0.383 e. The number of hydrogen-bond acceptors (Lipinski definition) is 3. The van der Waals surface area contributed by atoms with Crippen molar-refractivity contribution in [2.45, 2.75) is 46.1 Å². The third-order valence-electron chi connectivity index (χ3n) is 3.22. The van der Waals surface area contributed by atoms with Crippen molar-refractivity contribution in [3.63, 3.8) is 0 Å². The van der Waals surface area contributed by atoms with E-state index in [1.807, 2.05) is 11.8 Å². The number of methoxy groups -OCH3 is 1. The highest BCUT2D eigenvalue weighted by Crippen LogP contribution is 2.14. The molecular formula is C13H28N2O2. The van der Waals surface area contributed by atoms with Gasteiger partial charge in [0.05, 0.1) is 6.61 Å². The van der Waals surface area contributed by atoms with Crippen LogP contribution in [-0.4, -0.2) is 43.7 Å². The average Bonchev–Trinajstić information content (AvgIpc) is 2.34. The molecule has 0 fully saturated rings. The molecule has 0 aliphatic carbocycles. The molecule has 1 unspecified atom stereocenters. The van der Waals surface area contributed by atoms with Crippen molar-refractivity contribution in [1.82, 2.24) is 4.90 Å². The van der Waals surface area contributed by atoms with E-state index in [4.69, 9.17) is 10.5 Å². The highest BCUT2D eigenvalue weighted by Gasteiger charge is 2.24. The van der Waals surface area contributed by atoms with Gasteiger partial charge in [0.1, 0.15) is 0 Å². The lowest BCUT2D eigenvalue weighted by molar-refractivity contribution is -0.138. The van der Waals surface area contributed by atoms with Gasteiger partial charge in [-0.05, 0) is 25.8 Å². The lowest BCUT2D eigenvalue weighted by Gasteiger charge is -2.32. The standard InChI is InChI=1S/C13H28N2O2/c1-5-12(6-2)15(9-10-17-4)13(16)11(3)7-8-14/h11-12H,5-10,14H2,1-4H3. The van der Waals surface area contributed by atoms with Gasteiger partial charge >= 0.3 is 0 Å². The Hall–Kier alpha value is -0.610. The molecule has 2 N–H and O–H groups in total. The van der Waals surface area contributed by atoms with Crippen molar-refractivity contribution in [3.05, 3.63) is 0 Å². The molecule has 0 heterocycles. The van der Waals surface area contributed by atoms with Crippen LogP contribution in [0.5, 0.6) is 0 Å². The van der Waals surface area contributed by atoms with Gasteiger partial charge in [0.2, 0.25) is 5.91 Å². The molecule has 17 heavy (non-hydrogen) atoms. The maximum atomic E-state index is 12.3. The summed E-state index contributed by atoms with van der Waals surface area (Å²) in [4.78, 5) is 14.3. The summed E-state index contributed by atoms with van der Waals surface area (Å²) in [5.74, 6) is 0.221. The Labute approximate surface area is 105 Å². The van der Waals surface area contributed by atoms with Crippen molar-refractivity contribution in [2.24, 2.45) is 11.7 Å². The zero-order valence-corrected chi connectivity index (χ0v) is 11.7. The molecule has 0 aromatic heterocycles. The van der Waals surface area contributed by atoms with E-state index in [2.05, 4.69) is 13.8 Å². The number of carbonyl (C=O) groups excluding carboxylic acids is 1. The van der Waals surface area contributed by atoms with Gasteiger partial charge in [-0.3, -0.25) is 4.79 Å². The maximum absolute atomic E-state index is 12.3. The predicted octanol–water partition coefficient (Wildman–Crippen LogP) is 1.63. The van der Waals surface area contributed by atoms with Gasteiger partial charge in [-0.15, -0.1) is 0 Å². The topological polar surface area (TPSA) is 55.6 Å². The van der Waals surface area contributed by atoms with Crippen LogP contribution < -0.4 is 5.73 Å². The highest BCUT2D eigenvalue weighted by atomic mass is 16.5. The van der Waals surface area contributed by atoms with Gasteiger partial charge in [0.15, 0.2) is 0 Å². The van der Waals surface area contributed by atoms with E-state index in [-0.39, 0.29) is 11.8 Å². The highest BCUT2D eigenvalue weighted by molar-refractivity contribution is 5.78. The van der Waals surface area contributed by atoms with Gasteiger partial charge in [0.25, 0.3) is 0 Å². The molecule has 0 aliphatic heterocycles. The molecule has 0 aliphatic rings. The van der Waals surface area contributed by atoms with Crippen LogP contribution in [-0.2, 0) is 9.53 Å². The molecule has 4 heteroatoms. The largest absolute Gasteiger partial charge is 0.383 e. The van der Waals surface area contributed by atoms with E-state index in [1.54, 1.807) is 7.11 Å². The second-order valence-electron chi connectivity index (χ2n) is 4.47. The van der Waals surface area contributed by atoms with E-state index < -0.39 is 0 Å². The SMILES string of the molecule is CCC(CC)N(CCOC)C(=O)C(C)CCN. The van der Waals surface area contributed by atoms with Crippen LogP contribution in [0.25, 0.3) is 0 Å². The zero-order valence-electron chi connectivity index (χ0n) is 11.7. The van der Waals surface area contributed by atoms with Crippen LogP contribution in [0.4, 0.5) is 0 Å². The average molecular weight is 244 g/mol. The summed E-state index contributed by atoms with van der Waals surface area (Å²) in [5.41, 5.74) is 5.51. The molecular weight excluding hydrogens is 216 g/mol. The minimum atomic E-state index is 0.0115. The summed E-state index contributed by atoms with van der Waals surface area (Å²) in [5, 5.41) is 0. The van der Waals surface area contributed by atoms with Crippen molar-refractivity contribution in [3.8, 4) is 0 Å². The Kier molecular flexibility index (Phi) is 9.09. The zero-order chi connectivity index (χ0) is 13.3. The van der Waals surface area contributed by atoms with Crippen LogP contribution in [0.15, 0.2) is 0 Å². The first-order valence-corrected chi connectivity index (χ1v) is 6.61. The molecule has 1 amide bonds. The minimum absolute atomic E-state index is 0.0115. The molecule has 0 saturated carbocycles. The summed E-state index contributed by atoms with van der Waals surface area (Å²) in [6, 6.07) is 0.317. The number of amides is 1.